The third-order valence-electron chi connectivity index (χ3n) is 2.71. The van der Waals surface area contributed by atoms with Crippen molar-refractivity contribution >= 4 is 40.2 Å². The largest absolute Gasteiger partial charge is 0.368 e. The zero-order valence-electron chi connectivity index (χ0n) is 9.04. The summed E-state index contributed by atoms with van der Waals surface area (Å²) in [5, 5.41) is 7.67. The Morgan fingerprint density at radius 2 is 2.17 bits per heavy atom. The SMILES string of the molecule is O=C1Nc2cc(F)c(Cl)cc2NC1c1cccs1. The van der Waals surface area contributed by atoms with Gasteiger partial charge in [0.15, 0.2) is 0 Å². The standard InChI is InChI=1S/C12H8ClFN2OS/c13-6-4-8-9(5-7(6)14)16-12(17)11(15-8)10-2-1-3-18-10/h1-5,11,15H,(H,16,17). The van der Waals surface area contributed by atoms with E-state index in [1.54, 1.807) is 0 Å². The summed E-state index contributed by atoms with van der Waals surface area (Å²) in [4.78, 5) is 12.8. The molecule has 1 amide bonds. The summed E-state index contributed by atoms with van der Waals surface area (Å²) in [6, 6.07) is 5.98. The van der Waals surface area contributed by atoms with E-state index in [1.807, 2.05) is 17.5 Å². The maximum Gasteiger partial charge on any atom is 0.252 e. The Morgan fingerprint density at radius 3 is 2.89 bits per heavy atom. The Morgan fingerprint density at radius 1 is 1.33 bits per heavy atom. The van der Waals surface area contributed by atoms with Crippen LogP contribution in [0.25, 0.3) is 0 Å². The van der Waals surface area contributed by atoms with Gasteiger partial charge >= 0.3 is 0 Å². The second kappa shape index (κ2) is 4.26. The lowest BCUT2D eigenvalue weighted by Crippen LogP contribution is -2.31. The highest BCUT2D eigenvalue weighted by Crippen LogP contribution is 2.36. The van der Waals surface area contributed by atoms with Gasteiger partial charge in [-0.05, 0) is 17.5 Å². The van der Waals surface area contributed by atoms with Crippen molar-refractivity contribution in [1.29, 1.82) is 0 Å². The highest BCUT2D eigenvalue weighted by Gasteiger charge is 2.28. The topological polar surface area (TPSA) is 41.1 Å². The summed E-state index contributed by atoms with van der Waals surface area (Å²) in [5.74, 6) is -0.751. The lowest BCUT2D eigenvalue weighted by Gasteiger charge is -2.26. The predicted molar refractivity (Wildman–Crippen MR) is 70.7 cm³/mol. The maximum absolute atomic E-state index is 13.3. The molecule has 1 aliphatic rings. The van der Waals surface area contributed by atoms with Crippen LogP contribution in [0, 0.1) is 5.82 Å². The molecule has 0 fully saturated rings. The van der Waals surface area contributed by atoms with E-state index < -0.39 is 11.9 Å². The van der Waals surface area contributed by atoms with Crippen LogP contribution in [0.3, 0.4) is 0 Å². The Hall–Kier alpha value is -1.59. The lowest BCUT2D eigenvalue weighted by atomic mass is 10.1. The molecule has 3 rings (SSSR count). The van der Waals surface area contributed by atoms with Gasteiger partial charge in [-0.3, -0.25) is 4.79 Å². The first-order valence-electron chi connectivity index (χ1n) is 5.25. The van der Waals surface area contributed by atoms with Gasteiger partial charge in [0.25, 0.3) is 5.91 Å². The first kappa shape index (κ1) is 11.5. The molecular weight excluding hydrogens is 275 g/mol. The zero-order valence-corrected chi connectivity index (χ0v) is 10.6. The number of thiophene rings is 1. The van der Waals surface area contributed by atoms with E-state index in [2.05, 4.69) is 10.6 Å². The van der Waals surface area contributed by atoms with E-state index in [1.165, 1.54) is 23.5 Å². The van der Waals surface area contributed by atoms with Crippen molar-refractivity contribution in [3.8, 4) is 0 Å². The summed E-state index contributed by atoms with van der Waals surface area (Å²) in [5.41, 5.74) is 1.04. The highest BCUT2D eigenvalue weighted by atomic mass is 35.5. The molecule has 92 valence electrons. The van der Waals surface area contributed by atoms with E-state index in [0.717, 1.165) is 4.88 Å². The number of amides is 1. The number of rotatable bonds is 1. The monoisotopic (exact) mass is 282 g/mol. The first-order valence-corrected chi connectivity index (χ1v) is 6.51. The number of halogens is 2. The Balaban J connectivity index is 2.01. The number of hydrogen-bond donors (Lipinski definition) is 2. The van der Waals surface area contributed by atoms with Gasteiger partial charge < -0.3 is 10.6 Å². The van der Waals surface area contributed by atoms with Crippen LogP contribution in [0.4, 0.5) is 15.8 Å². The molecule has 2 heterocycles. The van der Waals surface area contributed by atoms with Crippen LogP contribution in [0.15, 0.2) is 29.6 Å². The van der Waals surface area contributed by atoms with Gasteiger partial charge in [0.1, 0.15) is 11.9 Å². The number of carbonyl (C=O) groups excluding carboxylic acids is 1. The maximum atomic E-state index is 13.3. The molecule has 6 heteroatoms. The van der Waals surface area contributed by atoms with Crippen molar-refractivity contribution in [3.63, 3.8) is 0 Å². The molecule has 1 aromatic carbocycles. The van der Waals surface area contributed by atoms with Crippen LogP contribution in [-0.4, -0.2) is 5.91 Å². The number of carbonyl (C=O) groups is 1. The number of fused-ring (bicyclic) bond motifs is 1. The second-order valence-electron chi connectivity index (χ2n) is 3.89. The van der Waals surface area contributed by atoms with E-state index >= 15 is 0 Å². The third-order valence-corrected chi connectivity index (χ3v) is 3.93. The number of benzene rings is 1. The summed E-state index contributed by atoms with van der Waals surface area (Å²) in [6.07, 6.45) is 0. The van der Waals surface area contributed by atoms with Gasteiger partial charge in [0.05, 0.1) is 16.4 Å². The summed E-state index contributed by atoms with van der Waals surface area (Å²) in [6.45, 7) is 0. The molecule has 0 saturated heterocycles. The van der Waals surface area contributed by atoms with Crippen LogP contribution >= 0.6 is 22.9 Å². The van der Waals surface area contributed by atoms with Crippen LogP contribution in [-0.2, 0) is 4.79 Å². The Labute approximate surface area is 112 Å². The molecule has 1 unspecified atom stereocenters. The average molecular weight is 283 g/mol. The van der Waals surface area contributed by atoms with Gasteiger partial charge in [-0.15, -0.1) is 11.3 Å². The molecule has 0 spiro atoms. The van der Waals surface area contributed by atoms with Crippen molar-refractivity contribution < 1.29 is 9.18 Å². The molecule has 0 bridgehead atoms. The molecular formula is C12H8ClFN2OS. The van der Waals surface area contributed by atoms with E-state index in [9.17, 15) is 9.18 Å². The van der Waals surface area contributed by atoms with Crippen LogP contribution in [0.1, 0.15) is 10.9 Å². The Bertz CT molecular complexity index is 615. The van der Waals surface area contributed by atoms with Crippen molar-refractivity contribution in [2.45, 2.75) is 6.04 Å². The van der Waals surface area contributed by atoms with Gasteiger partial charge in [-0.2, -0.15) is 0 Å². The normalized spacial score (nSPS) is 17.9. The van der Waals surface area contributed by atoms with Crippen LogP contribution < -0.4 is 10.6 Å². The van der Waals surface area contributed by atoms with E-state index in [4.69, 9.17) is 11.6 Å². The summed E-state index contributed by atoms with van der Waals surface area (Å²) < 4.78 is 13.3. The zero-order chi connectivity index (χ0) is 12.7. The fraction of sp³-hybridized carbons (Fsp3) is 0.0833. The van der Waals surface area contributed by atoms with Gasteiger partial charge in [0, 0.05) is 10.9 Å². The summed E-state index contributed by atoms with van der Waals surface area (Å²) in [7, 11) is 0. The fourth-order valence-corrected chi connectivity index (χ4v) is 2.79. The molecule has 1 atom stereocenters. The van der Waals surface area contributed by atoms with Crippen LogP contribution in [0.5, 0.6) is 0 Å². The third kappa shape index (κ3) is 1.85. The minimum absolute atomic E-state index is 0.0299. The number of nitrogens with one attached hydrogen (secondary N) is 2. The molecule has 0 radical (unpaired) electrons. The molecule has 1 aliphatic heterocycles. The van der Waals surface area contributed by atoms with Crippen molar-refractivity contribution in [2.24, 2.45) is 0 Å². The second-order valence-corrected chi connectivity index (χ2v) is 5.28. The van der Waals surface area contributed by atoms with Crippen molar-refractivity contribution in [1.82, 2.24) is 0 Å². The fourth-order valence-electron chi connectivity index (χ4n) is 1.85. The molecule has 3 nitrogen and oxygen atoms in total. The van der Waals surface area contributed by atoms with Gasteiger partial charge in [-0.25, -0.2) is 4.39 Å². The highest BCUT2D eigenvalue weighted by molar-refractivity contribution is 7.10. The van der Waals surface area contributed by atoms with E-state index in [-0.39, 0.29) is 10.9 Å². The average Bonchev–Trinajstić information content (AvgIpc) is 2.84. The molecule has 0 saturated carbocycles. The van der Waals surface area contributed by atoms with Crippen LogP contribution in [0.2, 0.25) is 5.02 Å². The Kier molecular flexibility index (Phi) is 2.72. The lowest BCUT2D eigenvalue weighted by molar-refractivity contribution is -0.117. The predicted octanol–water partition coefficient (Wildman–Crippen LogP) is 3.65. The summed E-state index contributed by atoms with van der Waals surface area (Å²) >= 11 is 7.21. The molecule has 2 N–H and O–H groups in total. The van der Waals surface area contributed by atoms with E-state index in [0.29, 0.717) is 11.4 Å². The van der Waals surface area contributed by atoms with Gasteiger partial charge in [-0.1, -0.05) is 17.7 Å². The number of hydrogen-bond acceptors (Lipinski definition) is 3. The molecule has 2 aromatic rings. The van der Waals surface area contributed by atoms with Crippen molar-refractivity contribution in [3.05, 3.63) is 45.4 Å². The molecule has 18 heavy (non-hydrogen) atoms. The minimum Gasteiger partial charge on any atom is -0.368 e. The quantitative estimate of drug-likeness (QED) is 0.838. The van der Waals surface area contributed by atoms with Crippen molar-refractivity contribution in [2.75, 3.05) is 10.6 Å². The van der Waals surface area contributed by atoms with Gasteiger partial charge in [0.2, 0.25) is 0 Å². The number of anilines is 2. The first-order chi connectivity index (χ1) is 8.65. The molecule has 0 aliphatic carbocycles. The minimum atomic E-state index is -0.549. The smallest absolute Gasteiger partial charge is 0.252 e. The molecule has 1 aromatic heterocycles.